The molecule has 0 bridgehead atoms. The molecule has 2 N–H and O–H groups in total. The third-order valence-electron chi connectivity index (χ3n) is 2.91. The highest BCUT2D eigenvalue weighted by atomic mass is 35.5. The zero-order chi connectivity index (χ0) is 16.1. The Labute approximate surface area is 132 Å². The molecule has 0 spiro atoms. The van der Waals surface area contributed by atoms with E-state index in [9.17, 15) is 9.59 Å². The molecule has 0 atom stereocenters. The van der Waals surface area contributed by atoms with Gasteiger partial charge in [0.2, 0.25) is 5.91 Å². The van der Waals surface area contributed by atoms with Crippen molar-refractivity contribution in [1.82, 2.24) is 30.2 Å². The molecule has 0 saturated heterocycles. The summed E-state index contributed by atoms with van der Waals surface area (Å²) in [4.78, 5) is 23.6. The SMILES string of the molecule is Cc1cc(C(=O)NCC(=O)NCCn2cc(Cl)cn2)n(C)n1. The summed E-state index contributed by atoms with van der Waals surface area (Å²) in [7, 11) is 1.68. The average Bonchev–Trinajstić information content (AvgIpc) is 3.01. The van der Waals surface area contributed by atoms with Crippen molar-refractivity contribution in [3.63, 3.8) is 0 Å². The van der Waals surface area contributed by atoms with E-state index in [0.29, 0.717) is 23.8 Å². The van der Waals surface area contributed by atoms with Gasteiger partial charge in [0, 0.05) is 19.8 Å². The van der Waals surface area contributed by atoms with Gasteiger partial charge in [0.05, 0.1) is 30.0 Å². The lowest BCUT2D eigenvalue weighted by atomic mass is 10.3. The average molecular weight is 325 g/mol. The van der Waals surface area contributed by atoms with Crippen LogP contribution in [0, 0.1) is 6.92 Å². The summed E-state index contributed by atoms with van der Waals surface area (Å²) in [5.74, 6) is -0.609. The quantitative estimate of drug-likeness (QED) is 0.789. The fourth-order valence-electron chi connectivity index (χ4n) is 1.91. The summed E-state index contributed by atoms with van der Waals surface area (Å²) >= 11 is 5.73. The van der Waals surface area contributed by atoms with Crippen molar-refractivity contribution in [2.75, 3.05) is 13.1 Å². The minimum absolute atomic E-state index is 0.0943. The molecule has 0 aliphatic heterocycles. The van der Waals surface area contributed by atoms with Crippen molar-refractivity contribution >= 4 is 23.4 Å². The number of rotatable bonds is 6. The van der Waals surface area contributed by atoms with Gasteiger partial charge < -0.3 is 10.6 Å². The molecule has 0 radical (unpaired) electrons. The highest BCUT2D eigenvalue weighted by Crippen LogP contribution is 2.03. The van der Waals surface area contributed by atoms with Gasteiger partial charge in [-0.15, -0.1) is 0 Å². The molecule has 0 aliphatic rings. The van der Waals surface area contributed by atoms with Crippen molar-refractivity contribution in [3.05, 3.63) is 34.9 Å². The number of aryl methyl sites for hydroxylation is 2. The molecule has 2 aromatic rings. The van der Waals surface area contributed by atoms with E-state index >= 15 is 0 Å². The molecule has 2 rings (SSSR count). The molecule has 2 aromatic heterocycles. The Bertz CT molecular complexity index is 678. The third kappa shape index (κ3) is 4.32. The molecule has 8 nitrogen and oxygen atoms in total. The highest BCUT2D eigenvalue weighted by Gasteiger charge is 2.12. The van der Waals surface area contributed by atoms with Crippen LogP contribution in [0.5, 0.6) is 0 Å². The van der Waals surface area contributed by atoms with Gasteiger partial charge in [-0.25, -0.2) is 0 Å². The molecule has 0 aromatic carbocycles. The maximum absolute atomic E-state index is 11.9. The third-order valence-corrected chi connectivity index (χ3v) is 3.10. The second kappa shape index (κ2) is 7.08. The van der Waals surface area contributed by atoms with Crippen molar-refractivity contribution < 1.29 is 9.59 Å². The zero-order valence-electron chi connectivity index (χ0n) is 12.3. The lowest BCUT2D eigenvalue weighted by Crippen LogP contribution is -2.38. The van der Waals surface area contributed by atoms with Gasteiger partial charge in [-0.1, -0.05) is 11.6 Å². The normalized spacial score (nSPS) is 10.5. The molecule has 0 unspecified atom stereocenters. The van der Waals surface area contributed by atoms with Crippen molar-refractivity contribution in [1.29, 1.82) is 0 Å². The van der Waals surface area contributed by atoms with Gasteiger partial charge in [0.1, 0.15) is 5.69 Å². The van der Waals surface area contributed by atoms with E-state index in [0.717, 1.165) is 5.69 Å². The first kappa shape index (κ1) is 16.0. The fourth-order valence-corrected chi connectivity index (χ4v) is 2.06. The smallest absolute Gasteiger partial charge is 0.269 e. The van der Waals surface area contributed by atoms with Crippen LogP contribution < -0.4 is 10.6 Å². The summed E-state index contributed by atoms with van der Waals surface area (Å²) in [5.41, 5.74) is 1.16. The standard InChI is InChI=1S/C13H17ClN6O2/c1-9-5-11(19(2)18-9)13(22)16-7-12(21)15-3-4-20-8-10(14)6-17-20/h5-6,8H,3-4,7H2,1-2H3,(H,15,21)(H,16,22). The molecule has 22 heavy (non-hydrogen) atoms. The van der Waals surface area contributed by atoms with Gasteiger partial charge in [-0.05, 0) is 13.0 Å². The fraction of sp³-hybridized carbons (Fsp3) is 0.385. The number of halogens is 1. The van der Waals surface area contributed by atoms with Crippen LogP contribution in [0.1, 0.15) is 16.2 Å². The predicted octanol–water partition coefficient (Wildman–Crippen LogP) is 0.125. The van der Waals surface area contributed by atoms with E-state index in [1.54, 1.807) is 30.9 Å². The molecule has 0 saturated carbocycles. The number of nitrogens with zero attached hydrogens (tertiary/aromatic N) is 4. The largest absolute Gasteiger partial charge is 0.353 e. The van der Waals surface area contributed by atoms with Gasteiger partial charge in [0.25, 0.3) is 5.91 Å². The van der Waals surface area contributed by atoms with Crippen LogP contribution in [0.15, 0.2) is 18.5 Å². The monoisotopic (exact) mass is 324 g/mol. The Morgan fingerprint density at radius 3 is 2.73 bits per heavy atom. The Kier molecular flexibility index (Phi) is 5.16. The minimum atomic E-state index is -0.336. The Balaban J connectivity index is 1.71. The number of aromatic nitrogens is 4. The first-order chi connectivity index (χ1) is 10.5. The molecule has 0 fully saturated rings. The maximum Gasteiger partial charge on any atom is 0.269 e. The second-order valence-corrected chi connectivity index (χ2v) is 5.19. The van der Waals surface area contributed by atoms with Gasteiger partial charge in [-0.2, -0.15) is 10.2 Å². The lowest BCUT2D eigenvalue weighted by Gasteiger charge is -2.07. The maximum atomic E-state index is 11.9. The van der Waals surface area contributed by atoms with Crippen LogP contribution in [0.4, 0.5) is 0 Å². The van der Waals surface area contributed by atoms with E-state index < -0.39 is 0 Å². The Morgan fingerprint density at radius 1 is 1.36 bits per heavy atom. The number of nitrogens with one attached hydrogen (secondary N) is 2. The number of hydrogen-bond acceptors (Lipinski definition) is 4. The molecular weight excluding hydrogens is 308 g/mol. The number of hydrogen-bond donors (Lipinski definition) is 2. The summed E-state index contributed by atoms with van der Waals surface area (Å²) in [6.45, 7) is 2.61. The Morgan fingerprint density at radius 2 is 2.14 bits per heavy atom. The summed E-state index contributed by atoms with van der Waals surface area (Å²) < 4.78 is 3.10. The van der Waals surface area contributed by atoms with Crippen LogP contribution in [0.25, 0.3) is 0 Å². The van der Waals surface area contributed by atoms with Gasteiger partial charge in [-0.3, -0.25) is 19.0 Å². The predicted molar refractivity (Wildman–Crippen MR) is 80.5 cm³/mol. The van der Waals surface area contributed by atoms with E-state index in [-0.39, 0.29) is 18.4 Å². The first-order valence-electron chi connectivity index (χ1n) is 6.69. The van der Waals surface area contributed by atoms with E-state index in [1.165, 1.54) is 10.9 Å². The summed E-state index contributed by atoms with van der Waals surface area (Å²) in [5, 5.41) is 13.9. The van der Waals surface area contributed by atoms with Gasteiger partial charge >= 0.3 is 0 Å². The van der Waals surface area contributed by atoms with Crippen LogP contribution in [0.3, 0.4) is 0 Å². The first-order valence-corrected chi connectivity index (χ1v) is 7.07. The van der Waals surface area contributed by atoms with Crippen LogP contribution in [-0.2, 0) is 18.4 Å². The highest BCUT2D eigenvalue weighted by molar-refractivity contribution is 6.30. The number of amides is 2. The second-order valence-electron chi connectivity index (χ2n) is 4.75. The van der Waals surface area contributed by atoms with Crippen LogP contribution in [-0.4, -0.2) is 44.5 Å². The number of carbonyl (C=O) groups excluding carboxylic acids is 2. The van der Waals surface area contributed by atoms with E-state index in [2.05, 4.69) is 20.8 Å². The van der Waals surface area contributed by atoms with Crippen LogP contribution >= 0.6 is 11.6 Å². The van der Waals surface area contributed by atoms with Crippen molar-refractivity contribution in [3.8, 4) is 0 Å². The molecule has 0 aliphatic carbocycles. The topological polar surface area (TPSA) is 93.8 Å². The zero-order valence-corrected chi connectivity index (χ0v) is 13.1. The summed E-state index contributed by atoms with van der Waals surface area (Å²) in [6, 6.07) is 1.66. The van der Waals surface area contributed by atoms with E-state index in [4.69, 9.17) is 11.6 Å². The molecule has 9 heteroatoms. The van der Waals surface area contributed by atoms with Crippen LogP contribution in [0.2, 0.25) is 5.02 Å². The van der Waals surface area contributed by atoms with Gasteiger partial charge in [0.15, 0.2) is 0 Å². The van der Waals surface area contributed by atoms with E-state index in [1.807, 2.05) is 0 Å². The lowest BCUT2D eigenvalue weighted by molar-refractivity contribution is -0.120. The molecule has 2 heterocycles. The van der Waals surface area contributed by atoms with Crippen molar-refractivity contribution in [2.24, 2.45) is 7.05 Å². The molecule has 2 amide bonds. The molecule has 118 valence electrons. The van der Waals surface area contributed by atoms with Crippen molar-refractivity contribution in [2.45, 2.75) is 13.5 Å². The number of carbonyl (C=O) groups is 2. The Hall–Kier alpha value is -2.35. The minimum Gasteiger partial charge on any atom is -0.353 e. The summed E-state index contributed by atoms with van der Waals surface area (Å²) in [6.07, 6.45) is 3.19. The molecular formula is C13H17ClN6O2.